The zero-order valence-corrected chi connectivity index (χ0v) is 12.7. The number of rotatable bonds is 3. The average Bonchev–Trinajstić information content (AvgIpc) is 2.27. The molecule has 4 heteroatoms. The minimum Gasteiger partial charge on any atom is -0.399 e. The van der Waals surface area contributed by atoms with Crippen molar-refractivity contribution in [1.82, 2.24) is 0 Å². The van der Waals surface area contributed by atoms with Gasteiger partial charge in [-0.15, -0.1) is 0 Å². The standard InChI is InChI=1S/C14H11Br2NO/c15-11-3-1-2-9(4-11)5-14(18)10-6-12(16)8-13(17)7-10/h1-4,6-8H,5,17H2. The normalized spacial score (nSPS) is 10.3. The zero-order chi connectivity index (χ0) is 13.1. The molecular weight excluding hydrogens is 358 g/mol. The van der Waals surface area contributed by atoms with E-state index in [2.05, 4.69) is 31.9 Å². The minimum absolute atomic E-state index is 0.0566. The highest BCUT2D eigenvalue weighted by Crippen LogP contribution is 2.19. The molecule has 2 aromatic carbocycles. The molecule has 2 aromatic rings. The Morgan fingerprint density at radius 2 is 1.83 bits per heavy atom. The first kappa shape index (κ1) is 13.3. The largest absolute Gasteiger partial charge is 0.399 e. The molecule has 0 radical (unpaired) electrons. The van der Waals surface area contributed by atoms with Gasteiger partial charge in [0.1, 0.15) is 0 Å². The van der Waals surface area contributed by atoms with Crippen LogP contribution in [0.2, 0.25) is 0 Å². The van der Waals surface area contributed by atoms with Crippen LogP contribution in [0.15, 0.2) is 51.4 Å². The molecule has 0 amide bonds. The Balaban J connectivity index is 2.22. The minimum atomic E-state index is 0.0566. The summed E-state index contributed by atoms with van der Waals surface area (Å²) in [6.45, 7) is 0. The number of benzene rings is 2. The Morgan fingerprint density at radius 1 is 1.06 bits per heavy atom. The first-order chi connectivity index (χ1) is 8.54. The summed E-state index contributed by atoms with van der Waals surface area (Å²) in [6.07, 6.45) is 0.370. The van der Waals surface area contributed by atoms with Gasteiger partial charge in [-0.25, -0.2) is 0 Å². The molecule has 2 rings (SSSR count). The van der Waals surface area contributed by atoms with Gasteiger partial charge in [0.2, 0.25) is 0 Å². The van der Waals surface area contributed by atoms with Crippen molar-refractivity contribution in [3.05, 3.63) is 62.5 Å². The smallest absolute Gasteiger partial charge is 0.167 e. The topological polar surface area (TPSA) is 43.1 Å². The van der Waals surface area contributed by atoms with E-state index in [1.807, 2.05) is 24.3 Å². The molecule has 0 bridgehead atoms. The molecule has 18 heavy (non-hydrogen) atoms. The van der Waals surface area contributed by atoms with Crippen LogP contribution in [0, 0.1) is 0 Å². The number of carbonyl (C=O) groups is 1. The van der Waals surface area contributed by atoms with E-state index in [1.54, 1.807) is 18.2 Å². The number of ketones is 1. The SMILES string of the molecule is Nc1cc(Br)cc(C(=O)Cc2cccc(Br)c2)c1. The number of hydrogen-bond acceptors (Lipinski definition) is 2. The van der Waals surface area contributed by atoms with Gasteiger partial charge in [-0.2, -0.15) is 0 Å². The van der Waals surface area contributed by atoms with Crippen LogP contribution in [0.25, 0.3) is 0 Å². The molecule has 0 aliphatic carbocycles. The van der Waals surface area contributed by atoms with Crippen molar-refractivity contribution in [3.63, 3.8) is 0 Å². The quantitative estimate of drug-likeness (QED) is 0.651. The second kappa shape index (κ2) is 5.67. The van der Waals surface area contributed by atoms with Gasteiger partial charge in [-0.05, 0) is 35.9 Å². The van der Waals surface area contributed by atoms with Gasteiger partial charge in [0.25, 0.3) is 0 Å². The van der Waals surface area contributed by atoms with Crippen molar-refractivity contribution in [2.45, 2.75) is 6.42 Å². The molecule has 0 aliphatic heterocycles. The van der Waals surface area contributed by atoms with Gasteiger partial charge in [0, 0.05) is 26.6 Å². The third kappa shape index (κ3) is 3.43. The molecule has 0 saturated heterocycles. The maximum Gasteiger partial charge on any atom is 0.167 e. The third-order valence-corrected chi connectivity index (χ3v) is 3.45. The fourth-order valence-electron chi connectivity index (χ4n) is 1.71. The monoisotopic (exact) mass is 367 g/mol. The predicted molar refractivity (Wildman–Crippen MR) is 80.7 cm³/mol. The summed E-state index contributed by atoms with van der Waals surface area (Å²) < 4.78 is 1.79. The summed E-state index contributed by atoms with van der Waals surface area (Å²) in [5.41, 5.74) is 7.92. The van der Waals surface area contributed by atoms with Crippen LogP contribution in [0.4, 0.5) is 5.69 Å². The summed E-state index contributed by atoms with van der Waals surface area (Å²) in [6, 6.07) is 13.0. The van der Waals surface area contributed by atoms with Crippen molar-refractivity contribution in [3.8, 4) is 0 Å². The van der Waals surface area contributed by atoms with Crippen molar-refractivity contribution >= 4 is 43.3 Å². The second-order valence-corrected chi connectivity index (χ2v) is 5.83. The summed E-state index contributed by atoms with van der Waals surface area (Å²) in [5.74, 6) is 0.0566. The van der Waals surface area contributed by atoms with Gasteiger partial charge in [-0.3, -0.25) is 4.79 Å². The lowest BCUT2D eigenvalue weighted by molar-refractivity contribution is 0.0993. The number of halogens is 2. The van der Waals surface area contributed by atoms with Crippen LogP contribution < -0.4 is 5.73 Å². The highest BCUT2D eigenvalue weighted by atomic mass is 79.9. The lowest BCUT2D eigenvalue weighted by atomic mass is 10.0. The van der Waals surface area contributed by atoms with Crippen LogP contribution >= 0.6 is 31.9 Å². The van der Waals surface area contributed by atoms with E-state index in [0.29, 0.717) is 17.7 Å². The van der Waals surface area contributed by atoms with Gasteiger partial charge in [0.15, 0.2) is 5.78 Å². The predicted octanol–water partition coefficient (Wildman–Crippen LogP) is 4.22. The molecule has 92 valence electrons. The molecule has 0 unspecified atom stereocenters. The van der Waals surface area contributed by atoms with E-state index < -0.39 is 0 Å². The molecule has 0 spiro atoms. The van der Waals surface area contributed by atoms with Crippen LogP contribution in [-0.4, -0.2) is 5.78 Å². The number of carbonyl (C=O) groups excluding carboxylic acids is 1. The van der Waals surface area contributed by atoms with Gasteiger partial charge in [-0.1, -0.05) is 44.0 Å². The molecule has 2 nitrogen and oxygen atoms in total. The van der Waals surface area contributed by atoms with E-state index in [9.17, 15) is 4.79 Å². The molecule has 0 fully saturated rings. The van der Waals surface area contributed by atoms with Crippen LogP contribution in [-0.2, 0) is 6.42 Å². The van der Waals surface area contributed by atoms with Crippen LogP contribution in [0.1, 0.15) is 15.9 Å². The van der Waals surface area contributed by atoms with Crippen LogP contribution in [0.5, 0.6) is 0 Å². The van der Waals surface area contributed by atoms with Crippen molar-refractivity contribution in [1.29, 1.82) is 0 Å². The molecule has 0 atom stereocenters. The maximum atomic E-state index is 12.1. The first-order valence-corrected chi connectivity index (χ1v) is 6.97. The molecule has 2 N–H and O–H groups in total. The molecule has 0 saturated carbocycles. The van der Waals surface area contributed by atoms with E-state index >= 15 is 0 Å². The van der Waals surface area contributed by atoms with E-state index in [1.165, 1.54) is 0 Å². The second-order valence-electron chi connectivity index (χ2n) is 4.00. The summed E-state index contributed by atoms with van der Waals surface area (Å²) in [5, 5.41) is 0. The Kier molecular flexibility index (Phi) is 4.19. The molecule has 0 heterocycles. The summed E-state index contributed by atoms with van der Waals surface area (Å²) in [4.78, 5) is 12.1. The first-order valence-electron chi connectivity index (χ1n) is 5.38. The highest BCUT2D eigenvalue weighted by Gasteiger charge is 2.09. The number of anilines is 1. The van der Waals surface area contributed by atoms with E-state index in [4.69, 9.17) is 5.73 Å². The van der Waals surface area contributed by atoms with E-state index in [-0.39, 0.29) is 5.78 Å². The Labute approximate surface area is 122 Å². The Morgan fingerprint density at radius 3 is 2.50 bits per heavy atom. The lowest BCUT2D eigenvalue weighted by Gasteiger charge is -2.04. The average molecular weight is 369 g/mol. The number of nitrogens with two attached hydrogens (primary N) is 1. The maximum absolute atomic E-state index is 12.1. The third-order valence-electron chi connectivity index (χ3n) is 2.50. The summed E-state index contributed by atoms with van der Waals surface area (Å²) in [7, 11) is 0. The Hall–Kier alpha value is -1.13. The van der Waals surface area contributed by atoms with E-state index in [0.717, 1.165) is 14.5 Å². The summed E-state index contributed by atoms with van der Waals surface area (Å²) >= 11 is 6.73. The highest BCUT2D eigenvalue weighted by molar-refractivity contribution is 9.10. The van der Waals surface area contributed by atoms with Crippen molar-refractivity contribution < 1.29 is 4.79 Å². The molecular formula is C14H11Br2NO. The van der Waals surface area contributed by atoms with Crippen molar-refractivity contribution in [2.75, 3.05) is 5.73 Å². The zero-order valence-electron chi connectivity index (χ0n) is 9.49. The fourth-order valence-corrected chi connectivity index (χ4v) is 2.67. The number of nitrogen functional groups attached to an aromatic ring is 1. The van der Waals surface area contributed by atoms with Gasteiger partial charge >= 0.3 is 0 Å². The molecule has 0 aliphatic rings. The van der Waals surface area contributed by atoms with Crippen LogP contribution in [0.3, 0.4) is 0 Å². The molecule has 0 aromatic heterocycles. The number of Topliss-reactive ketones (excluding diaryl/α,β-unsaturated/α-hetero) is 1. The van der Waals surface area contributed by atoms with Crippen molar-refractivity contribution in [2.24, 2.45) is 0 Å². The van der Waals surface area contributed by atoms with Gasteiger partial charge < -0.3 is 5.73 Å². The fraction of sp³-hybridized carbons (Fsp3) is 0.0714. The lowest BCUT2D eigenvalue weighted by Crippen LogP contribution is -2.04. The number of hydrogen-bond donors (Lipinski definition) is 1. The van der Waals surface area contributed by atoms with Gasteiger partial charge in [0.05, 0.1) is 0 Å². The Bertz CT molecular complexity index is 576.